The van der Waals surface area contributed by atoms with Crippen molar-refractivity contribution in [3.8, 4) is 0 Å². The lowest BCUT2D eigenvalue weighted by molar-refractivity contribution is -0.142. The number of aromatic nitrogens is 2. The fraction of sp³-hybridized carbons (Fsp3) is 0.545. The number of hydrogen-bond donors (Lipinski definition) is 1. The molecule has 0 aliphatic carbocycles. The molecule has 3 aliphatic rings. The van der Waals surface area contributed by atoms with Gasteiger partial charge < -0.3 is 24.4 Å². The summed E-state index contributed by atoms with van der Waals surface area (Å²) in [6, 6.07) is 13.5. The van der Waals surface area contributed by atoms with E-state index in [1.54, 1.807) is 4.90 Å². The number of amides is 2. The number of nitrogens with zero attached hydrogens (tertiary/aromatic N) is 4. The molecule has 44 heavy (non-hydrogen) atoms. The first-order chi connectivity index (χ1) is 21.3. The minimum atomic E-state index is -0.899. The largest absolute Gasteiger partial charge is 0.436 e. The predicted molar refractivity (Wildman–Crippen MR) is 178 cm³/mol. The number of imidazole rings is 1. The number of halogens is 2. The second-order valence-electron chi connectivity index (χ2n) is 12.7. The summed E-state index contributed by atoms with van der Waals surface area (Å²) in [5, 5.41) is 0. The number of H-pyrrole nitrogens is 1. The summed E-state index contributed by atoms with van der Waals surface area (Å²) in [5.41, 5.74) is 2.49. The summed E-state index contributed by atoms with van der Waals surface area (Å²) < 4.78 is 9.67. The highest BCUT2D eigenvalue weighted by Crippen LogP contribution is 2.33. The number of para-hydroxylation sites is 2. The zero-order valence-electron chi connectivity index (χ0n) is 25.2. The molecule has 1 aromatic heterocycles. The first kappa shape index (κ1) is 31.4. The number of benzene rings is 2. The van der Waals surface area contributed by atoms with Gasteiger partial charge in [-0.3, -0.25) is 9.36 Å². The van der Waals surface area contributed by atoms with Gasteiger partial charge in [-0.1, -0.05) is 18.2 Å². The Labute approximate surface area is 275 Å². The van der Waals surface area contributed by atoms with Crippen LogP contribution in [0.1, 0.15) is 50.1 Å². The lowest BCUT2D eigenvalue weighted by Gasteiger charge is -2.40. The molecule has 236 valence electrons. The van der Waals surface area contributed by atoms with Gasteiger partial charge in [0.05, 0.1) is 11.0 Å². The van der Waals surface area contributed by atoms with Crippen LogP contribution in [0.2, 0.25) is 0 Å². The third kappa shape index (κ3) is 6.94. The molecule has 4 heterocycles. The van der Waals surface area contributed by atoms with Crippen LogP contribution in [0.15, 0.2) is 56.2 Å². The van der Waals surface area contributed by atoms with E-state index in [1.165, 1.54) is 12.8 Å². The van der Waals surface area contributed by atoms with Crippen LogP contribution in [0, 0.1) is 11.8 Å². The molecule has 0 saturated carbocycles. The van der Waals surface area contributed by atoms with Crippen molar-refractivity contribution in [3.05, 3.63) is 67.5 Å². The number of piperidine rings is 3. The lowest BCUT2D eigenvalue weighted by atomic mass is 9.79. The average molecular weight is 732 g/mol. The zero-order chi connectivity index (χ0) is 30.8. The summed E-state index contributed by atoms with van der Waals surface area (Å²) >= 11 is 7.08. The minimum Gasteiger partial charge on any atom is -0.436 e. The first-order valence-corrected chi connectivity index (χ1v) is 17.4. The molecule has 3 aliphatic heterocycles. The summed E-state index contributed by atoms with van der Waals surface area (Å²) in [6.07, 6.45) is 4.70. The molecule has 3 fully saturated rings. The highest BCUT2D eigenvalue weighted by Gasteiger charge is 2.36. The van der Waals surface area contributed by atoms with Crippen LogP contribution in [0.5, 0.6) is 0 Å². The molecule has 2 aromatic carbocycles. The van der Waals surface area contributed by atoms with Crippen molar-refractivity contribution in [2.45, 2.75) is 57.1 Å². The van der Waals surface area contributed by atoms with E-state index in [-0.39, 0.29) is 17.6 Å². The lowest BCUT2D eigenvalue weighted by Crippen LogP contribution is -2.49. The Morgan fingerprint density at radius 1 is 0.864 bits per heavy atom. The van der Waals surface area contributed by atoms with E-state index < -0.39 is 12.2 Å². The van der Waals surface area contributed by atoms with Crippen molar-refractivity contribution in [3.63, 3.8) is 0 Å². The summed E-state index contributed by atoms with van der Waals surface area (Å²) in [5.74, 6) is 1.28. The molecule has 6 rings (SSSR count). The number of nitrogens with one attached hydrogen (secondary N) is 1. The van der Waals surface area contributed by atoms with Gasteiger partial charge >= 0.3 is 11.8 Å². The standard InChI is InChI=1S/C33H41Br2N5O4/c1-37-14-8-23(9-15-37)24-10-16-38(17-11-24)31(41)30(21-22-6-7-26(34)27(35)20-22)44-33(43)39-18-12-25(13-19-39)40-29-5-3-2-4-28(29)36-32(40)42/h2-7,20,23-25,30H,8-19,21H2,1H3,(H,36,42)/t30-/m1/s1. The van der Waals surface area contributed by atoms with Crippen LogP contribution in [-0.2, 0) is 16.0 Å². The maximum absolute atomic E-state index is 13.9. The molecular weight excluding hydrogens is 690 g/mol. The topological polar surface area (TPSA) is 90.9 Å². The molecule has 1 N–H and O–H groups in total. The van der Waals surface area contributed by atoms with Crippen LogP contribution in [0.4, 0.5) is 4.79 Å². The van der Waals surface area contributed by atoms with Gasteiger partial charge in [-0.25, -0.2) is 9.59 Å². The number of fused-ring (bicyclic) bond motifs is 1. The molecule has 0 spiro atoms. The number of likely N-dealkylation sites (tertiary alicyclic amines) is 3. The number of aromatic amines is 1. The van der Waals surface area contributed by atoms with E-state index in [1.807, 2.05) is 51.9 Å². The zero-order valence-corrected chi connectivity index (χ0v) is 28.4. The monoisotopic (exact) mass is 729 g/mol. The molecule has 0 bridgehead atoms. The van der Waals surface area contributed by atoms with Gasteiger partial charge in [0.2, 0.25) is 0 Å². The Hall–Kier alpha value is -2.63. The van der Waals surface area contributed by atoms with Crippen molar-refractivity contribution in [1.29, 1.82) is 0 Å². The van der Waals surface area contributed by atoms with Crippen molar-refractivity contribution in [2.75, 3.05) is 46.3 Å². The third-order valence-electron chi connectivity index (χ3n) is 9.92. The normalized spacial score (nSPS) is 20.2. The number of carbonyl (C=O) groups is 2. The molecule has 11 heteroatoms. The van der Waals surface area contributed by atoms with Crippen molar-refractivity contribution in [1.82, 2.24) is 24.3 Å². The third-order valence-corrected chi connectivity index (χ3v) is 11.8. The van der Waals surface area contributed by atoms with Gasteiger partial charge in [0.1, 0.15) is 0 Å². The van der Waals surface area contributed by atoms with Crippen LogP contribution in [-0.4, -0.2) is 88.7 Å². The Bertz CT molecular complexity index is 1530. The average Bonchev–Trinajstić information content (AvgIpc) is 3.38. The Morgan fingerprint density at radius 2 is 1.50 bits per heavy atom. The Balaban J connectivity index is 1.10. The maximum atomic E-state index is 13.9. The number of hydrogen-bond acceptors (Lipinski definition) is 5. The maximum Gasteiger partial charge on any atom is 0.410 e. The van der Waals surface area contributed by atoms with Crippen LogP contribution < -0.4 is 5.69 Å². The van der Waals surface area contributed by atoms with E-state index in [2.05, 4.69) is 48.8 Å². The molecule has 3 saturated heterocycles. The van der Waals surface area contributed by atoms with E-state index in [9.17, 15) is 14.4 Å². The fourth-order valence-electron chi connectivity index (χ4n) is 7.29. The highest BCUT2D eigenvalue weighted by molar-refractivity contribution is 9.13. The van der Waals surface area contributed by atoms with E-state index in [4.69, 9.17) is 4.74 Å². The fourth-order valence-corrected chi connectivity index (χ4v) is 7.97. The molecule has 3 aromatic rings. The molecule has 0 unspecified atom stereocenters. The summed E-state index contributed by atoms with van der Waals surface area (Å²) in [7, 11) is 2.19. The van der Waals surface area contributed by atoms with E-state index in [0.29, 0.717) is 51.4 Å². The number of carbonyl (C=O) groups excluding carboxylic acids is 2. The number of rotatable bonds is 6. The first-order valence-electron chi connectivity index (χ1n) is 15.8. The molecule has 9 nitrogen and oxygen atoms in total. The molecule has 1 atom stereocenters. The quantitative estimate of drug-likeness (QED) is 0.346. The second kappa shape index (κ2) is 13.8. The van der Waals surface area contributed by atoms with Gasteiger partial charge in [0.15, 0.2) is 6.10 Å². The minimum absolute atomic E-state index is 0.00824. The van der Waals surface area contributed by atoms with Gasteiger partial charge in [-0.15, -0.1) is 0 Å². The highest BCUT2D eigenvalue weighted by atomic mass is 79.9. The van der Waals surface area contributed by atoms with Crippen molar-refractivity contribution < 1.29 is 14.3 Å². The van der Waals surface area contributed by atoms with Crippen molar-refractivity contribution >= 4 is 54.9 Å². The molecule has 2 amide bonds. The van der Waals surface area contributed by atoms with Crippen LogP contribution in [0.3, 0.4) is 0 Å². The van der Waals surface area contributed by atoms with Crippen molar-refractivity contribution in [2.24, 2.45) is 11.8 Å². The van der Waals surface area contributed by atoms with Crippen LogP contribution >= 0.6 is 31.9 Å². The number of ether oxygens (including phenoxy) is 1. The van der Waals surface area contributed by atoms with E-state index >= 15 is 0 Å². The molecular formula is C33H41Br2N5O4. The van der Waals surface area contributed by atoms with Gasteiger partial charge in [-0.05, 0) is 132 Å². The van der Waals surface area contributed by atoms with Gasteiger partial charge in [0, 0.05) is 47.6 Å². The summed E-state index contributed by atoms with van der Waals surface area (Å²) in [4.78, 5) is 49.1. The Kier molecular flexibility index (Phi) is 9.83. The van der Waals surface area contributed by atoms with E-state index in [0.717, 1.165) is 57.4 Å². The summed E-state index contributed by atoms with van der Waals surface area (Å²) in [6.45, 7) is 4.64. The smallest absolute Gasteiger partial charge is 0.410 e. The SMILES string of the molecule is CN1CCC(C2CCN(C(=O)[C@@H](Cc3ccc(Br)c(Br)c3)OC(=O)N3CCC(n4c(=O)[nH]c5ccccc54)CC3)CC2)CC1. The van der Waals surface area contributed by atoms with Gasteiger partial charge in [0.25, 0.3) is 5.91 Å². The second-order valence-corrected chi connectivity index (χ2v) is 14.4. The van der Waals surface area contributed by atoms with Crippen LogP contribution in [0.25, 0.3) is 11.0 Å². The predicted octanol–water partition coefficient (Wildman–Crippen LogP) is 5.82. The van der Waals surface area contributed by atoms with Gasteiger partial charge in [-0.2, -0.15) is 0 Å². The Morgan fingerprint density at radius 3 is 2.18 bits per heavy atom. The molecule has 0 radical (unpaired) electrons.